The summed E-state index contributed by atoms with van der Waals surface area (Å²) in [6.45, 7) is 3.35. The molecule has 1 fully saturated rings. The van der Waals surface area contributed by atoms with Gasteiger partial charge in [0.05, 0.1) is 7.11 Å². The Morgan fingerprint density at radius 2 is 1.62 bits per heavy atom. The minimum Gasteiger partial charge on any atom is -0.497 e. The number of aromatic nitrogens is 2. The zero-order valence-corrected chi connectivity index (χ0v) is 16.0. The number of ether oxygens (including phenoxy) is 1. The lowest BCUT2D eigenvalue weighted by atomic mass is 10.2. The van der Waals surface area contributed by atoms with Crippen LogP contribution in [-0.2, 0) is 0 Å². The van der Waals surface area contributed by atoms with E-state index in [1.807, 2.05) is 18.2 Å². The summed E-state index contributed by atoms with van der Waals surface area (Å²) in [6, 6.07) is 13.5. The molecule has 2 aromatic carbocycles. The van der Waals surface area contributed by atoms with Gasteiger partial charge in [0.2, 0.25) is 5.95 Å². The van der Waals surface area contributed by atoms with Gasteiger partial charge in [-0.1, -0.05) is 0 Å². The highest BCUT2D eigenvalue weighted by Gasteiger charge is 2.19. The maximum Gasteiger partial charge on any atom is 0.229 e. The van der Waals surface area contributed by atoms with Crippen LogP contribution in [0.1, 0.15) is 0 Å². The average Bonchev–Trinajstić information content (AvgIpc) is 2.77. The SMILES string of the molecule is COc1ccc(N2CCN(c3ccnc(Nc4ccc(F)c(F)c4)n3)CC2)cc1. The van der Waals surface area contributed by atoms with Gasteiger partial charge >= 0.3 is 0 Å². The number of piperazine rings is 1. The van der Waals surface area contributed by atoms with Crippen LogP contribution in [0.25, 0.3) is 0 Å². The van der Waals surface area contributed by atoms with Crippen molar-refractivity contribution in [1.82, 2.24) is 9.97 Å². The van der Waals surface area contributed by atoms with E-state index in [0.717, 1.165) is 55.6 Å². The highest BCUT2D eigenvalue weighted by molar-refractivity contribution is 5.56. The van der Waals surface area contributed by atoms with Crippen molar-refractivity contribution in [2.24, 2.45) is 0 Å². The first-order valence-electron chi connectivity index (χ1n) is 9.31. The lowest BCUT2D eigenvalue weighted by Crippen LogP contribution is -2.46. The summed E-state index contributed by atoms with van der Waals surface area (Å²) >= 11 is 0. The number of anilines is 4. The van der Waals surface area contributed by atoms with Crippen LogP contribution < -0.4 is 19.9 Å². The third-order valence-electron chi connectivity index (χ3n) is 4.86. The van der Waals surface area contributed by atoms with Crippen LogP contribution in [0, 0.1) is 11.6 Å². The summed E-state index contributed by atoms with van der Waals surface area (Å²) in [5.41, 5.74) is 1.55. The number of nitrogens with zero attached hydrogens (tertiary/aromatic N) is 4. The first-order chi connectivity index (χ1) is 14.1. The van der Waals surface area contributed by atoms with Gasteiger partial charge in [-0.05, 0) is 42.5 Å². The van der Waals surface area contributed by atoms with Crippen LogP contribution in [0.4, 0.5) is 31.9 Å². The van der Waals surface area contributed by atoms with Gasteiger partial charge in [-0.3, -0.25) is 0 Å². The Morgan fingerprint density at radius 3 is 2.31 bits per heavy atom. The quantitative estimate of drug-likeness (QED) is 0.706. The molecule has 3 aromatic rings. The predicted octanol–water partition coefficient (Wildman–Crippen LogP) is 3.83. The van der Waals surface area contributed by atoms with Crippen molar-refractivity contribution in [1.29, 1.82) is 0 Å². The fraction of sp³-hybridized carbons (Fsp3) is 0.238. The van der Waals surface area contributed by atoms with Crippen LogP contribution in [0.5, 0.6) is 5.75 Å². The lowest BCUT2D eigenvalue weighted by Gasteiger charge is -2.36. The Balaban J connectivity index is 1.40. The predicted molar refractivity (Wildman–Crippen MR) is 109 cm³/mol. The fourth-order valence-corrected chi connectivity index (χ4v) is 3.28. The monoisotopic (exact) mass is 397 g/mol. The molecule has 4 rings (SSSR count). The summed E-state index contributed by atoms with van der Waals surface area (Å²) in [4.78, 5) is 13.2. The molecule has 8 heteroatoms. The minimum atomic E-state index is -0.916. The van der Waals surface area contributed by atoms with Crippen LogP contribution in [0.3, 0.4) is 0 Å². The number of benzene rings is 2. The average molecular weight is 397 g/mol. The molecule has 0 atom stereocenters. The van der Waals surface area contributed by atoms with Crippen LogP contribution >= 0.6 is 0 Å². The van der Waals surface area contributed by atoms with Crippen molar-refractivity contribution in [2.75, 3.05) is 48.4 Å². The second-order valence-corrected chi connectivity index (χ2v) is 6.66. The van der Waals surface area contributed by atoms with Crippen molar-refractivity contribution in [2.45, 2.75) is 0 Å². The van der Waals surface area contributed by atoms with Crippen LogP contribution in [-0.4, -0.2) is 43.3 Å². The van der Waals surface area contributed by atoms with Gasteiger partial charge in [0.1, 0.15) is 11.6 Å². The molecule has 0 unspecified atom stereocenters. The van der Waals surface area contributed by atoms with E-state index in [1.54, 1.807) is 13.3 Å². The van der Waals surface area contributed by atoms with E-state index < -0.39 is 11.6 Å². The van der Waals surface area contributed by atoms with E-state index in [-0.39, 0.29) is 0 Å². The molecule has 1 aromatic heterocycles. The maximum atomic E-state index is 13.4. The Hall–Kier alpha value is -3.42. The molecule has 2 heterocycles. The molecule has 29 heavy (non-hydrogen) atoms. The lowest BCUT2D eigenvalue weighted by molar-refractivity contribution is 0.415. The molecule has 1 N–H and O–H groups in total. The molecule has 150 valence electrons. The second kappa shape index (κ2) is 8.30. The van der Waals surface area contributed by atoms with Gasteiger partial charge in [0, 0.05) is 49.8 Å². The molecule has 0 amide bonds. The van der Waals surface area contributed by atoms with Gasteiger partial charge in [-0.15, -0.1) is 0 Å². The van der Waals surface area contributed by atoms with Gasteiger partial charge in [0.15, 0.2) is 11.6 Å². The fourth-order valence-electron chi connectivity index (χ4n) is 3.28. The molecule has 0 aliphatic carbocycles. The van der Waals surface area contributed by atoms with E-state index in [0.29, 0.717) is 11.6 Å². The number of rotatable bonds is 5. The van der Waals surface area contributed by atoms with E-state index in [4.69, 9.17) is 4.74 Å². The number of hydrogen-bond donors (Lipinski definition) is 1. The summed E-state index contributed by atoms with van der Waals surface area (Å²) in [6.07, 6.45) is 1.65. The molecule has 0 radical (unpaired) electrons. The van der Waals surface area contributed by atoms with Crippen molar-refractivity contribution < 1.29 is 13.5 Å². The summed E-state index contributed by atoms with van der Waals surface area (Å²) in [5.74, 6) is 0.167. The summed E-state index contributed by atoms with van der Waals surface area (Å²) < 4.78 is 31.7. The third kappa shape index (κ3) is 4.37. The first-order valence-corrected chi connectivity index (χ1v) is 9.31. The maximum absolute atomic E-state index is 13.4. The minimum absolute atomic E-state index is 0.339. The second-order valence-electron chi connectivity index (χ2n) is 6.66. The molecular weight excluding hydrogens is 376 g/mol. The van der Waals surface area contributed by atoms with Gasteiger partial charge in [-0.25, -0.2) is 13.8 Å². The van der Waals surface area contributed by atoms with Crippen molar-refractivity contribution >= 4 is 23.1 Å². The smallest absolute Gasteiger partial charge is 0.229 e. The molecule has 1 saturated heterocycles. The van der Waals surface area contributed by atoms with E-state index >= 15 is 0 Å². The van der Waals surface area contributed by atoms with E-state index in [1.165, 1.54) is 6.07 Å². The standard InChI is InChI=1S/C21H21F2N5O/c1-29-17-5-3-16(4-6-17)27-10-12-28(13-11-27)20-8-9-24-21(26-20)25-15-2-7-18(22)19(23)14-15/h2-9,14H,10-13H2,1H3,(H,24,25,26). The summed E-state index contributed by atoms with van der Waals surface area (Å²) in [7, 11) is 1.66. The number of halogens is 2. The topological polar surface area (TPSA) is 53.5 Å². The molecule has 0 bridgehead atoms. The number of nitrogens with one attached hydrogen (secondary N) is 1. The number of methoxy groups -OCH3 is 1. The molecule has 0 saturated carbocycles. The number of hydrogen-bond acceptors (Lipinski definition) is 6. The molecule has 1 aliphatic heterocycles. The Morgan fingerprint density at radius 1 is 0.897 bits per heavy atom. The highest BCUT2D eigenvalue weighted by Crippen LogP contribution is 2.23. The van der Waals surface area contributed by atoms with Gasteiger partial charge in [-0.2, -0.15) is 4.98 Å². The first kappa shape index (κ1) is 18.9. The van der Waals surface area contributed by atoms with Crippen molar-refractivity contribution in [3.63, 3.8) is 0 Å². The van der Waals surface area contributed by atoms with Crippen molar-refractivity contribution in [3.05, 3.63) is 66.4 Å². The molecule has 1 aliphatic rings. The Labute approximate surface area is 167 Å². The Bertz CT molecular complexity index is 975. The largest absolute Gasteiger partial charge is 0.497 e. The van der Waals surface area contributed by atoms with Gasteiger partial charge < -0.3 is 19.9 Å². The third-order valence-corrected chi connectivity index (χ3v) is 4.86. The van der Waals surface area contributed by atoms with Crippen molar-refractivity contribution in [3.8, 4) is 5.75 Å². The van der Waals surface area contributed by atoms with E-state index in [2.05, 4.69) is 37.2 Å². The van der Waals surface area contributed by atoms with Crippen LogP contribution in [0.2, 0.25) is 0 Å². The highest BCUT2D eigenvalue weighted by atomic mass is 19.2. The summed E-state index contributed by atoms with van der Waals surface area (Å²) in [5, 5.41) is 2.92. The molecule has 6 nitrogen and oxygen atoms in total. The molecular formula is C21H21F2N5O. The zero-order valence-electron chi connectivity index (χ0n) is 16.0. The zero-order chi connectivity index (χ0) is 20.2. The van der Waals surface area contributed by atoms with E-state index in [9.17, 15) is 8.78 Å². The van der Waals surface area contributed by atoms with Crippen LogP contribution in [0.15, 0.2) is 54.7 Å². The molecule has 0 spiro atoms. The normalized spacial score (nSPS) is 14.0. The van der Waals surface area contributed by atoms with Gasteiger partial charge in [0.25, 0.3) is 0 Å². The Kier molecular flexibility index (Phi) is 5.41.